The summed E-state index contributed by atoms with van der Waals surface area (Å²) in [4.78, 5) is 22.7. The molecule has 0 bridgehead atoms. The number of Topliss-reactive ketones (excluding diaryl/α,β-unsaturated/α-hetero) is 2. The van der Waals surface area contributed by atoms with Gasteiger partial charge in [-0.2, -0.15) is 0 Å². The molecule has 0 atom stereocenters. The molecule has 0 aliphatic heterocycles. The maximum Gasteiger partial charge on any atom is 0.228 e. The number of carbonyl (C=O) groups is 2. The Morgan fingerprint density at radius 2 is 1.64 bits per heavy atom. The summed E-state index contributed by atoms with van der Waals surface area (Å²) in [5, 5.41) is 0. The van der Waals surface area contributed by atoms with Gasteiger partial charge in [-0.1, -0.05) is 13.8 Å². The van der Waals surface area contributed by atoms with Gasteiger partial charge in [-0.3, -0.25) is 9.59 Å². The molecule has 0 N–H and O–H groups in total. The van der Waals surface area contributed by atoms with Crippen LogP contribution in [0.3, 0.4) is 0 Å². The maximum absolute atomic E-state index is 12.5. The number of rotatable bonds is 3. The number of hydrogen-bond acceptors (Lipinski definition) is 2. The zero-order valence-electron chi connectivity index (χ0n) is 8.08. The Morgan fingerprint density at radius 3 is 2.07 bits per heavy atom. The van der Waals surface area contributed by atoms with Crippen LogP contribution in [-0.2, 0) is 4.79 Å². The highest BCUT2D eigenvalue weighted by Gasteiger charge is 2.18. The lowest BCUT2D eigenvalue weighted by molar-refractivity contribution is -0.117. The zero-order valence-corrected chi connectivity index (χ0v) is 8.08. The molecule has 14 heavy (non-hydrogen) atoms. The van der Waals surface area contributed by atoms with Gasteiger partial charge in [-0.05, 0) is 24.3 Å². The molecule has 0 radical (unpaired) electrons. The van der Waals surface area contributed by atoms with Crippen LogP contribution < -0.4 is 0 Å². The molecule has 0 saturated carbocycles. The number of ketones is 2. The van der Waals surface area contributed by atoms with Crippen LogP contribution >= 0.6 is 0 Å². The molecular formula is C11H11FO2. The van der Waals surface area contributed by atoms with Crippen LogP contribution in [-0.4, -0.2) is 11.6 Å². The van der Waals surface area contributed by atoms with Crippen molar-refractivity contribution in [3.05, 3.63) is 35.6 Å². The summed E-state index contributed by atoms with van der Waals surface area (Å²) in [6, 6.07) is 4.97. The summed E-state index contributed by atoms with van der Waals surface area (Å²) in [6.45, 7) is 3.31. The van der Waals surface area contributed by atoms with Gasteiger partial charge in [0.1, 0.15) is 5.82 Å². The molecule has 2 nitrogen and oxygen atoms in total. The van der Waals surface area contributed by atoms with Crippen LogP contribution in [0.1, 0.15) is 24.2 Å². The smallest absolute Gasteiger partial charge is 0.228 e. The average molecular weight is 194 g/mol. The second-order valence-corrected chi connectivity index (χ2v) is 3.35. The van der Waals surface area contributed by atoms with Gasteiger partial charge >= 0.3 is 0 Å². The van der Waals surface area contributed by atoms with Crippen molar-refractivity contribution in [2.75, 3.05) is 0 Å². The largest absolute Gasteiger partial charge is 0.290 e. The highest BCUT2D eigenvalue weighted by atomic mass is 19.1. The van der Waals surface area contributed by atoms with Crippen LogP contribution in [0.15, 0.2) is 24.3 Å². The average Bonchev–Trinajstić information content (AvgIpc) is 2.16. The van der Waals surface area contributed by atoms with Crippen LogP contribution in [0.4, 0.5) is 4.39 Å². The van der Waals surface area contributed by atoms with Gasteiger partial charge in [0.2, 0.25) is 11.6 Å². The van der Waals surface area contributed by atoms with Crippen LogP contribution in [0.2, 0.25) is 0 Å². The van der Waals surface area contributed by atoms with Crippen molar-refractivity contribution in [3.8, 4) is 0 Å². The Kier molecular flexibility index (Phi) is 3.12. The highest BCUT2D eigenvalue weighted by molar-refractivity contribution is 6.44. The van der Waals surface area contributed by atoms with Crippen molar-refractivity contribution in [2.24, 2.45) is 5.92 Å². The minimum Gasteiger partial charge on any atom is -0.290 e. The van der Waals surface area contributed by atoms with Gasteiger partial charge in [0.15, 0.2) is 0 Å². The van der Waals surface area contributed by atoms with Crippen molar-refractivity contribution < 1.29 is 14.0 Å². The SMILES string of the molecule is CC(C)C(=O)C(=O)c1ccc(F)cc1. The predicted octanol–water partition coefficient (Wildman–Crippen LogP) is 2.23. The van der Waals surface area contributed by atoms with Crippen molar-refractivity contribution in [3.63, 3.8) is 0 Å². The molecule has 1 aromatic carbocycles. The Morgan fingerprint density at radius 1 is 1.14 bits per heavy atom. The van der Waals surface area contributed by atoms with Gasteiger partial charge in [0.25, 0.3) is 0 Å². The summed E-state index contributed by atoms with van der Waals surface area (Å²) in [6.07, 6.45) is 0. The molecule has 0 aromatic heterocycles. The summed E-state index contributed by atoms with van der Waals surface area (Å²) >= 11 is 0. The van der Waals surface area contributed by atoms with E-state index in [0.29, 0.717) is 0 Å². The van der Waals surface area contributed by atoms with Crippen LogP contribution in [0.25, 0.3) is 0 Å². The van der Waals surface area contributed by atoms with Crippen LogP contribution in [0.5, 0.6) is 0 Å². The van der Waals surface area contributed by atoms with E-state index < -0.39 is 17.4 Å². The molecule has 1 aromatic rings. The molecular weight excluding hydrogens is 183 g/mol. The third kappa shape index (κ3) is 2.25. The normalized spacial score (nSPS) is 10.3. The number of benzene rings is 1. The van der Waals surface area contributed by atoms with Gasteiger partial charge in [-0.15, -0.1) is 0 Å². The van der Waals surface area contributed by atoms with Crippen molar-refractivity contribution >= 4 is 11.6 Å². The molecule has 74 valence electrons. The molecule has 0 fully saturated rings. The Hall–Kier alpha value is -1.51. The number of hydrogen-bond donors (Lipinski definition) is 0. The predicted molar refractivity (Wildman–Crippen MR) is 50.6 cm³/mol. The Bertz CT molecular complexity index is 352. The summed E-state index contributed by atoms with van der Waals surface area (Å²) in [7, 11) is 0. The minimum atomic E-state index is -0.556. The first-order valence-electron chi connectivity index (χ1n) is 4.36. The maximum atomic E-state index is 12.5. The van der Waals surface area contributed by atoms with Gasteiger partial charge in [0, 0.05) is 11.5 Å². The third-order valence-electron chi connectivity index (χ3n) is 1.85. The van der Waals surface area contributed by atoms with Crippen molar-refractivity contribution in [1.82, 2.24) is 0 Å². The van der Waals surface area contributed by atoms with E-state index in [1.807, 2.05) is 0 Å². The van der Waals surface area contributed by atoms with Crippen molar-refractivity contribution in [2.45, 2.75) is 13.8 Å². The standard InChI is InChI=1S/C11H11FO2/c1-7(2)10(13)11(14)8-3-5-9(12)6-4-8/h3-7H,1-2H3. The van der Waals surface area contributed by atoms with E-state index in [2.05, 4.69) is 0 Å². The Balaban J connectivity index is 2.90. The lowest BCUT2D eigenvalue weighted by Crippen LogP contribution is -2.19. The third-order valence-corrected chi connectivity index (χ3v) is 1.85. The first-order chi connectivity index (χ1) is 6.52. The summed E-state index contributed by atoms with van der Waals surface area (Å²) in [5.41, 5.74) is 0.241. The zero-order chi connectivity index (χ0) is 10.7. The molecule has 1 rings (SSSR count). The fourth-order valence-electron chi connectivity index (χ4n) is 1.01. The Labute approximate surface area is 81.7 Å². The molecule has 0 saturated heterocycles. The highest BCUT2D eigenvalue weighted by Crippen LogP contribution is 2.07. The molecule has 0 unspecified atom stereocenters. The van der Waals surface area contributed by atoms with E-state index in [1.54, 1.807) is 13.8 Å². The molecule has 0 spiro atoms. The lowest BCUT2D eigenvalue weighted by Gasteiger charge is -2.02. The van der Waals surface area contributed by atoms with E-state index in [1.165, 1.54) is 24.3 Å². The molecule has 0 aliphatic rings. The van der Waals surface area contributed by atoms with E-state index >= 15 is 0 Å². The quantitative estimate of drug-likeness (QED) is 0.546. The molecule has 0 aliphatic carbocycles. The number of halogens is 1. The van der Waals surface area contributed by atoms with E-state index in [-0.39, 0.29) is 11.5 Å². The topological polar surface area (TPSA) is 34.1 Å². The summed E-state index contributed by atoms with van der Waals surface area (Å²) < 4.78 is 12.5. The van der Waals surface area contributed by atoms with Gasteiger partial charge in [-0.25, -0.2) is 4.39 Å². The molecule has 0 amide bonds. The van der Waals surface area contributed by atoms with Crippen LogP contribution in [0, 0.1) is 11.7 Å². The van der Waals surface area contributed by atoms with E-state index in [4.69, 9.17) is 0 Å². The molecule has 3 heteroatoms. The lowest BCUT2D eigenvalue weighted by atomic mass is 10.00. The van der Waals surface area contributed by atoms with Gasteiger partial charge < -0.3 is 0 Å². The van der Waals surface area contributed by atoms with E-state index in [0.717, 1.165) is 0 Å². The van der Waals surface area contributed by atoms with E-state index in [9.17, 15) is 14.0 Å². The molecule has 0 heterocycles. The monoisotopic (exact) mass is 194 g/mol. The second-order valence-electron chi connectivity index (χ2n) is 3.35. The first kappa shape index (κ1) is 10.6. The second kappa shape index (κ2) is 4.13. The fraction of sp³-hybridized carbons (Fsp3) is 0.273. The number of carbonyl (C=O) groups excluding carboxylic acids is 2. The summed E-state index contributed by atoms with van der Waals surface area (Å²) in [5.74, 6) is -1.75. The first-order valence-corrected chi connectivity index (χ1v) is 4.36. The van der Waals surface area contributed by atoms with Crippen molar-refractivity contribution in [1.29, 1.82) is 0 Å². The minimum absolute atomic E-state index is 0.241. The fourth-order valence-corrected chi connectivity index (χ4v) is 1.01. The van der Waals surface area contributed by atoms with Gasteiger partial charge in [0.05, 0.1) is 0 Å².